The molecule has 0 rings (SSSR count). The minimum absolute atomic E-state index is 0.0533. The Morgan fingerprint density at radius 3 is 2.46 bits per heavy atom. The molecule has 0 N–H and O–H groups in total. The van der Waals surface area contributed by atoms with E-state index in [-0.39, 0.29) is 23.5 Å². The van der Waals surface area contributed by atoms with E-state index in [0.29, 0.717) is 0 Å². The fourth-order valence-electron chi connectivity index (χ4n) is 1.13. The van der Waals surface area contributed by atoms with Crippen molar-refractivity contribution in [1.29, 1.82) is 0 Å². The molecule has 0 aromatic rings. The van der Waals surface area contributed by atoms with Crippen LogP contribution in [0.5, 0.6) is 0 Å². The molecule has 4 nitrogen and oxygen atoms in total. The topological polar surface area (TPSA) is 52.4 Å². The van der Waals surface area contributed by atoms with Gasteiger partial charge in [0.1, 0.15) is 0 Å². The van der Waals surface area contributed by atoms with Gasteiger partial charge in [0.15, 0.2) is 0 Å². The molecule has 0 aliphatic rings. The van der Waals surface area contributed by atoms with E-state index in [9.17, 15) is 10.1 Å². The van der Waals surface area contributed by atoms with Crippen LogP contribution in [0.3, 0.4) is 0 Å². The summed E-state index contributed by atoms with van der Waals surface area (Å²) >= 11 is 0. The quantitative estimate of drug-likeness (QED) is 0.375. The minimum Gasteiger partial charge on any atom is -0.377 e. The van der Waals surface area contributed by atoms with Crippen LogP contribution in [0, 0.1) is 16.0 Å². The maximum Gasteiger partial charge on any atom is 0.209 e. The number of ether oxygens (including phenoxy) is 1. The van der Waals surface area contributed by atoms with E-state index in [1.807, 2.05) is 26.8 Å². The zero-order valence-corrected chi connectivity index (χ0v) is 8.61. The summed E-state index contributed by atoms with van der Waals surface area (Å²) in [6.07, 6.45) is 1.75. The van der Waals surface area contributed by atoms with Crippen molar-refractivity contribution in [2.45, 2.75) is 26.9 Å². The number of nitro groups is 1. The number of rotatable bonds is 5. The van der Waals surface area contributed by atoms with Crippen LogP contribution in [0.1, 0.15) is 20.8 Å². The van der Waals surface area contributed by atoms with Gasteiger partial charge >= 0.3 is 0 Å². The lowest BCUT2D eigenvalue weighted by atomic mass is 10.0. The standard InChI is InChI=1S/C9H17NO3/c1-7(2)5-9(13-4)8(3)6-10(11)12/h5,8-9H,6H2,1-4H3/t8-,9+/m1/s1. The SMILES string of the molecule is CO[C@@H](C=C(C)C)[C@H](C)C[N+](=O)[O-]. The highest BCUT2D eigenvalue weighted by Gasteiger charge is 2.19. The van der Waals surface area contributed by atoms with Gasteiger partial charge < -0.3 is 4.74 Å². The second-order valence-corrected chi connectivity index (χ2v) is 3.44. The van der Waals surface area contributed by atoms with E-state index in [0.717, 1.165) is 5.57 Å². The molecule has 4 heteroatoms. The van der Waals surface area contributed by atoms with E-state index in [1.165, 1.54) is 0 Å². The number of allylic oxidation sites excluding steroid dienone is 1. The summed E-state index contributed by atoms with van der Waals surface area (Å²) in [5.41, 5.74) is 1.11. The van der Waals surface area contributed by atoms with E-state index in [2.05, 4.69) is 0 Å². The Morgan fingerprint density at radius 2 is 2.15 bits per heavy atom. The van der Waals surface area contributed by atoms with Crippen LogP contribution in [0.2, 0.25) is 0 Å². The molecule has 0 aliphatic heterocycles. The third-order valence-electron chi connectivity index (χ3n) is 1.77. The summed E-state index contributed by atoms with van der Waals surface area (Å²) in [4.78, 5) is 9.94. The highest BCUT2D eigenvalue weighted by molar-refractivity contribution is 4.99. The molecule has 0 fully saturated rings. The van der Waals surface area contributed by atoms with Crippen molar-refractivity contribution < 1.29 is 9.66 Å². The molecule has 0 bridgehead atoms. The Morgan fingerprint density at radius 1 is 1.62 bits per heavy atom. The lowest BCUT2D eigenvalue weighted by Gasteiger charge is -2.16. The fraction of sp³-hybridized carbons (Fsp3) is 0.778. The largest absolute Gasteiger partial charge is 0.377 e. The first-order valence-corrected chi connectivity index (χ1v) is 4.27. The van der Waals surface area contributed by atoms with Crippen LogP contribution in [0.15, 0.2) is 11.6 Å². The molecule has 0 aromatic carbocycles. The number of hydrogen-bond acceptors (Lipinski definition) is 3. The van der Waals surface area contributed by atoms with Crippen molar-refractivity contribution >= 4 is 0 Å². The second kappa shape index (κ2) is 5.70. The fourth-order valence-corrected chi connectivity index (χ4v) is 1.13. The molecule has 76 valence electrons. The Kier molecular flexibility index (Phi) is 5.30. The summed E-state index contributed by atoms with van der Waals surface area (Å²) < 4.78 is 5.14. The first kappa shape index (κ1) is 12.1. The Balaban J connectivity index is 4.23. The minimum atomic E-state index is -0.310. The molecule has 0 amide bonds. The van der Waals surface area contributed by atoms with Gasteiger partial charge in [-0.1, -0.05) is 18.6 Å². The van der Waals surface area contributed by atoms with E-state index < -0.39 is 0 Å². The van der Waals surface area contributed by atoms with Gasteiger partial charge in [-0.05, 0) is 13.8 Å². The van der Waals surface area contributed by atoms with Crippen LogP contribution >= 0.6 is 0 Å². The summed E-state index contributed by atoms with van der Waals surface area (Å²) in [7, 11) is 1.57. The molecule has 0 aliphatic carbocycles. The normalized spacial score (nSPS) is 14.8. The molecule has 0 aromatic heterocycles. The zero-order valence-electron chi connectivity index (χ0n) is 8.61. The molecule has 0 spiro atoms. The van der Waals surface area contributed by atoms with Gasteiger partial charge in [0.05, 0.1) is 12.0 Å². The van der Waals surface area contributed by atoms with Gasteiger partial charge in [-0.2, -0.15) is 0 Å². The van der Waals surface area contributed by atoms with Gasteiger partial charge in [0.25, 0.3) is 0 Å². The van der Waals surface area contributed by atoms with Crippen LogP contribution in [0.25, 0.3) is 0 Å². The first-order chi connectivity index (χ1) is 5.97. The first-order valence-electron chi connectivity index (χ1n) is 4.27. The molecule has 0 saturated heterocycles. The van der Waals surface area contributed by atoms with Crippen molar-refractivity contribution in [3.8, 4) is 0 Å². The summed E-state index contributed by atoms with van der Waals surface area (Å²) in [5.74, 6) is -0.0881. The van der Waals surface area contributed by atoms with E-state index in [1.54, 1.807) is 7.11 Å². The average Bonchev–Trinajstić information content (AvgIpc) is 1.98. The number of nitrogens with zero attached hydrogens (tertiary/aromatic N) is 1. The van der Waals surface area contributed by atoms with Gasteiger partial charge in [0.2, 0.25) is 6.54 Å². The lowest BCUT2D eigenvalue weighted by molar-refractivity contribution is -0.489. The molecular formula is C9H17NO3. The summed E-state index contributed by atoms with van der Waals surface area (Å²) in [5, 5.41) is 10.2. The Bertz CT molecular complexity index is 197. The van der Waals surface area contributed by atoms with Crippen LogP contribution < -0.4 is 0 Å². The molecular weight excluding hydrogens is 170 g/mol. The van der Waals surface area contributed by atoms with Gasteiger partial charge in [-0.3, -0.25) is 10.1 Å². The second-order valence-electron chi connectivity index (χ2n) is 3.44. The smallest absolute Gasteiger partial charge is 0.209 e. The molecule has 0 radical (unpaired) electrons. The number of hydrogen-bond donors (Lipinski definition) is 0. The van der Waals surface area contributed by atoms with E-state index >= 15 is 0 Å². The van der Waals surface area contributed by atoms with Gasteiger partial charge in [0, 0.05) is 12.0 Å². The lowest BCUT2D eigenvalue weighted by Crippen LogP contribution is -2.25. The Labute approximate surface area is 78.7 Å². The van der Waals surface area contributed by atoms with Gasteiger partial charge in [-0.25, -0.2) is 0 Å². The van der Waals surface area contributed by atoms with Crippen molar-refractivity contribution in [3.05, 3.63) is 21.8 Å². The zero-order chi connectivity index (χ0) is 10.4. The predicted octanol–water partition coefficient (Wildman–Crippen LogP) is 1.88. The highest BCUT2D eigenvalue weighted by atomic mass is 16.6. The predicted molar refractivity (Wildman–Crippen MR) is 51.3 cm³/mol. The van der Waals surface area contributed by atoms with Crippen LogP contribution in [-0.2, 0) is 4.74 Å². The maximum absolute atomic E-state index is 10.2. The van der Waals surface area contributed by atoms with Gasteiger partial charge in [-0.15, -0.1) is 0 Å². The molecule has 0 saturated carbocycles. The molecule has 0 heterocycles. The van der Waals surface area contributed by atoms with E-state index in [4.69, 9.17) is 4.74 Å². The van der Waals surface area contributed by atoms with Crippen LogP contribution in [-0.4, -0.2) is 24.7 Å². The van der Waals surface area contributed by atoms with Crippen molar-refractivity contribution in [2.75, 3.05) is 13.7 Å². The third-order valence-corrected chi connectivity index (χ3v) is 1.77. The summed E-state index contributed by atoms with van der Waals surface area (Å²) in [6.45, 7) is 5.66. The van der Waals surface area contributed by atoms with Crippen molar-refractivity contribution in [3.63, 3.8) is 0 Å². The van der Waals surface area contributed by atoms with Crippen molar-refractivity contribution in [1.82, 2.24) is 0 Å². The van der Waals surface area contributed by atoms with Crippen molar-refractivity contribution in [2.24, 2.45) is 5.92 Å². The molecule has 13 heavy (non-hydrogen) atoms. The molecule has 2 atom stereocenters. The third kappa shape index (κ3) is 5.36. The molecule has 0 unspecified atom stereocenters. The maximum atomic E-state index is 10.2. The Hall–Kier alpha value is -0.900. The number of methoxy groups -OCH3 is 1. The highest BCUT2D eigenvalue weighted by Crippen LogP contribution is 2.10. The summed E-state index contributed by atoms with van der Waals surface area (Å²) in [6, 6.07) is 0. The monoisotopic (exact) mass is 187 g/mol. The average molecular weight is 187 g/mol. The van der Waals surface area contributed by atoms with Crippen LogP contribution in [0.4, 0.5) is 0 Å².